The van der Waals surface area contributed by atoms with E-state index in [4.69, 9.17) is 0 Å². The van der Waals surface area contributed by atoms with Gasteiger partial charge in [0, 0.05) is 35.4 Å². The van der Waals surface area contributed by atoms with E-state index in [1.165, 1.54) is 0 Å². The number of aromatic nitrogens is 3. The fourth-order valence-electron chi connectivity index (χ4n) is 1.76. The van der Waals surface area contributed by atoms with Crippen LogP contribution in [0.2, 0.25) is 0 Å². The van der Waals surface area contributed by atoms with Crippen molar-refractivity contribution in [2.45, 2.75) is 25.2 Å². The number of rotatable bonds is 3. The van der Waals surface area contributed by atoms with Gasteiger partial charge in [-0.2, -0.15) is 5.10 Å². The fraction of sp³-hybridized carbons (Fsp3) is 0.333. The van der Waals surface area contributed by atoms with Gasteiger partial charge in [0.15, 0.2) is 0 Å². The lowest BCUT2D eigenvalue weighted by Crippen LogP contribution is -2.05. The molecule has 0 amide bonds. The summed E-state index contributed by atoms with van der Waals surface area (Å²) >= 11 is 3.42. The van der Waals surface area contributed by atoms with Crippen molar-refractivity contribution < 1.29 is 5.11 Å². The van der Waals surface area contributed by atoms with Gasteiger partial charge in [-0.3, -0.25) is 4.68 Å². The van der Waals surface area contributed by atoms with Crippen LogP contribution in [0.4, 0.5) is 0 Å². The molecule has 0 aliphatic rings. The predicted molar refractivity (Wildman–Crippen MR) is 70.1 cm³/mol. The second-order valence-electron chi connectivity index (χ2n) is 4.09. The van der Waals surface area contributed by atoms with Crippen molar-refractivity contribution in [3.05, 3.63) is 30.1 Å². The molecule has 2 rings (SSSR count). The second-order valence-corrected chi connectivity index (χ2v) is 4.65. The van der Waals surface area contributed by atoms with Gasteiger partial charge >= 0.3 is 0 Å². The summed E-state index contributed by atoms with van der Waals surface area (Å²) in [5.41, 5.74) is 3.01. The Hall–Kier alpha value is -1.36. The van der Waals surface area contributed by atoms with E-state index < -0.39 is 0 Å². The first kappa shape index (κ1) is 12.1. The standard InChI is InChI=1S/C12H14BrN3O/c1-8(2)16-11(3-4-15-16)10-7-14-12(17)5-9(10)6-13/h3-5,7-8H,6H2,1-2H3,(H,14,17). The van der Waals surface area contributed by atoms with Crippen LogP contribution in [-0.4, -0.2) is 19.9 Å². The molecule has 2 heterocycles. The van der Waals surface area contributed by atoms with E-state index in [0.29, 0.717) is 5.33 Å². The average Bonchev–Trinajstić information content (AvgIpc) is 2.77. The summed E-state index contributed by atoms with van der Waals surface area (Å²) in [4.78, 5) is 3.94. The summed E-state index contributed by atoms with van der Waals surface area (Å²) in [6, 6.07) is 3.92. The summed E-state index contributed by atoms with van der Waals surface area (Å²) in [5, 5.41) is 14.4. The zero-order chi connectivity index (χ0) is 12.4. The summed E-state index contributed by atoms with van der Waals surface area (Å²) in [7, 11) is 0. The van der Waals surface area contributed by atoms with Crippen LogP contribution in [0.15, 0.2) is 24.5 Å². The minimum absolute atomic E-state index is 0.0406. The molecule has 0 fully saturated rings. The number of halogens is 1. The van der Waals surface area contributed by atoms with Gasteiger partial charge in [0.05, 0.1) is 5.69 Å². The van der Waals surface area contributed by atoms with Gasteiger partial charge in [0.2, 0.25) is 5.88 Å². The van der Waals surface area contributed by atoms with Crippen molar-refractivity contribution in [1.29, 1.82) is 0 Å². The molecule has 4 nitrogen and oxygen atoms in total. The fourth-order valence-corrected chi connectivity index (χ4v) is 2.23. The van der Waals surface area contributed by atoms with E-state index in [2.05, 4.69) is 39.9 Å². The first-order valence-corrected chi connectivity index (χ1v) is 6.53. The Morgan fingerprint density at radius 2 is 2.24 bits per heavy atom. The third kappa shape index (κ3) is 2.34. The molecule has 0 atom stereocenters. The zero-order valence-electron chi connectivity index (χ0n) is 9.76. The largest absolute Gasteiger partial charge is 0.493 e. The first-order chi connectivity index (χ1) is 8.13. The molecule has 0 aliphatic carbocycles. The Balaban J connectivity index is 2.56. The van der Waals surface area contributed by atoms with Gasteiger partial charge in [-0.1, -0.05) is 15.9 Å². The van der Waals surface area contributed by atoms with Gasteiger partial charge in [0.1, 0.15) is 0 Å². The second kappa shape index (κ2) is 4.87. The highest BCUT2D eigenvalue weighted by atomic mass is 79.9. The Morgan fingerprint density at radius 1 is 1.47 bits per heavy atom. The highest BCUT2D eigenvalue weighted by molar-refractivity contribution is 9.08. The molecule has 0 spiro atoms. The van der Waals surface area contributed by atoms with E-state index in [0.717, 1.165) is 16.8 Å². The molecule has 0 saturated heterocycles. The minimum atomic E-state index is 0.0406. The van der Waals surface area contributed by atoms with Gasteiger partial charge in [0.25, 0.3) is 0 Å². The van der Waals surface area contributed by atoms with Crippen LogP contribution in [0, 0.1) is 0 Å². The van der Waals surface area contributed by atoms with Crippen LogP contribution in [0.3, 0.4) is 0 Å². The normalized spacial score (nSPS) is 11.1. The Morgan fingerprint density at radius 3 is 2.88 bits per heavy atom. The van der Waals surface area contributed by atoms with Crippen LogP contribution in [-0.2, 0) is 5.33 Å². The monoisotopic (exact) mass is 295 g/mol. The lowest BCUT2D eigenvalue weighted by molar-refractivity contribution is 0.453. The van der Waals surface area contributed by atoms with Crippen LogP contribution in [0.1, 0.15) is 25.5 Å². The quantitative estimate of drug-likeness (QED) is 0.885. The Kier molecular flexibility index (Phi) is 3.47. The molecule has 5 heteroatoms. The maximum Gasteiger partial charge on any atom is 0.211 e. The molecule has 0 aromatic carbocycles. The lowest BCUT2D eigenvalue weighted by Gasteiger charge is -2.13. The van der Waals surface area contributed by atoms with Crippen LogP contribution in [0.25, 0.3) is 11.3 Å². The summed E-state index contributed by atoms with van der Waals surface area (Å²) in [5.74, 6) is 0.0406. The highest BCUT2D eigenvalue weighted by Crippen LogP contribution is 2.28. The molecule has 90 valence electrons. The van der Waals surface area contributed by atoms with E-state index >= 15 is 0 Å². The van der Waals surface area contributed by atoms with Crippen LogP contribution < -0.4 is 0 Å². The number of hydrogen-bond donors (Lipinski definition) is 1. The number of pyridine rings is 1. The topological polar surface area (TPSA) is 50.9 Å². The minimum Gasteiger partial charge on any atom is -0.493 e. The van der Waals surface area contributed by atoms with Crippen molar-refractivity contribution in [2.24, 2.45) is 0 Å². The Bertz CT molecular complexity index is 522. The van der Waals surface area contributed by atoms with Gasteiger partial charge < -0.3 is 5.11 Å². The van der Waals surface area contributed by atoms with Crippen LogP contribution >= 0.6 is 15.9 Å². The molecule has 0 radical (unpaired) electrons. The molecule has 0 bridgehead atoms. The van der Waals surface area contributed by atoms with Crippen molar-refractivity contribution >= 4 is 15.9 Å². The summed E-state index contributed by atoms with van der Waals surface area (Å²) in [6.45, 7) is 4.16. The van der Waals surface area contributed by atoms with Gasteiger partial charge in [-0.15, -0.1) is 0 Å². The number of nitrogens with zero attached hydrogens (tertiary/aromatic N) is 3. The maximum atomic E-state index is 9.39. The molecule has 0 unspecified atom stereocenters. The molecule has 2 aromatic rings. The van der Waals surface area contributed by atoms with E-state index in [9.17, 15) is 5.11 Å². The molecule has 2 aromatic heterocycles. The molecule has 1 N–H and O–H groups in total. The Labute approximate surface area is 108 Å². The van der Waals surface area contributed by atoms with E-state index in [1.54, 1.807) is 18.5 Å². The third-order valence-electron chi connectivity index (χ3n) is 2.55. The smallest absolute Gasteiger partial charge is 0.211 e. The van der Waals surface area contributed by atoms with Crippen LogP contribution in [0.5, 0.6) is 5.88 Å². The number of alkyl halides is 1. The molecular formula is C12H14BrN3O. The predicted octanol–water partition coefficient (Wildman–Crippen LogP) is 3.13. The van der Waals surface area contributed by atoms with E-state index in [1.807, 2.05) is 10.7 Å². The van der Waals surface area contributed by atoms with Gasteiger partial charge in [-0.25, -0.2) is 4.98 Å². The maximum absolute atomic E-state index is 9.39. The summed E-state index contributed by atoms with van der Waals surface area (Å²) < 4.78 is 1.94. The van der Waals surface area contributed by atoms with Crippen molar-refractivity contribution in [3.8, 4) is 17.1 Å². The lowest BCUT2D eigenvalue weighted by atomic mass is 10.1. The zero-order valence-corrected chi connectivity index (χ0v) is 11.3. The van der Waals surface area contributed by atoms with Crippen molar-refractivity contribution in [3.63, 3.8) is 0 Å². The highest BCUT2D eigenvalue weighted by Gasteiger charge is 2.12. The molecule has 17 heavy (non-hydrogen) atoms. The van der Waals surface area contributed by atoms with Gasteiger partial charge in [-0.05, 0) is 25.5 Å². The average molecular weight is 296 g/mol. The summed E-state index contributed by atoms with van der Waals surface area (Å²) in [6.07, 6.45) is 3.46. The SMILES string of the molecule is CC(C)n1nccc1-c1cnc(O)cc1CBr. The third-order valence-corrected chi connectivity index (χ3v) is 3.16. The number of aromatic hydroxyl groups is 1. The van der Waals surface area contributed by atoms with Crippen molar-refractivity contribution in [2.75, 3.05) is 0 Å². The van der Waals surface area contributed by atoms with Crippen molar-refractivity contribution in [1.82, 2.24) is 14.8 Å². The number of hydrogen-bond acceptors (Lipinski definition) is 3. The molecule has 0 saturated carbocycles. The molecule has 0 aliphatic heterocycles. The van der Waals surface area contributed by atoms with E-state index in [-0.39, 0.29) is 11.9 Å². The molecular weight excluding hydrogens is 282 g/mol. The first-order valence-electron chi connectivity index (χ1n) is 5.41.